The minimum atomic E-state index is -0.427. The van der Waals surface area contributed by atoms with E-state index >= 15 is 0 Å². The number of benzene rings is 3. The van der Waals surface area contributed by atoms with Gasteiger partial charge in [-0.2, -0.15) is 4.98 Å². The highest BCUT2D eigenvalue weighted by Crippen LogP contribution is 2.46. The van der Waals surface area contributed by atoms with Crippen molar-refractivity contribution in [2.45, 2.75) is 46.3 Å². The third kappa shape index (κ3) is 4.80. The average Bonchev–Trinajstić information content (AvgIpc) is 3.34. The van der Waals surface area contributed by atoms with Crippen molar-refractivity contribution in [1.82, 2.24) is 14.8 Å². The Balaban J connectivity index is 1.42. The van der Waals surface area contributed by atoms with Gasteiger partial charge in [-0.25, -0.2) is 4.68 Å². The molecule has 1 N–H and O–H groups in total. The number of ketones is 1. The second-order valence-corrected chi connectivity index (χ2v) is 11.1. The van der Waals surface area contributed by atoms with Crippen LogP contribution in [0.25, 0.3) is 11.4 Å². The standard InChI is InChI=1S/C32H32N4O3/c1-20-10-12-22(13-11-20)30-34-31-33-24-17-32(2,3)18-25(37)28(24)29(36(31)35-30)23-14-15-26(27(16-23)38-4)39-19-21-8-6-5-7-9-21/h5-16,29H,17-19H2,1-4H3,(H,33,34,35). The second-order valence-electron chi connectivity index (χ2n) is 11.1. The van der Waals surface area contributed by atoms with Gasteiger partial charge < -0.3 is 14.8 Å². The Morgan fingerprint density at radius 1 is 1.00 bits per heavy atom. The third-order valence-corrected chi connectivity index (χ3v) is 7.38. The summed E-state index contributed by atoms with van der Waals surface area (Å²) in [6.07, 6.45) is 1.24. The maximum Gasteiger partial charge on any atom is 0.226 e. The lowest BCUT2D eigenvalue weighted by atomic mass is 9.73. The number of hydrogen-bond acceptors (Lipinski definition) is 6. The largest absolute Gasteiger partial charge is 0.493 e. The van der Waals surface area contributed by atoms with E-state index in [2.05, 4.69) is 38.2 Å². The number of carbonyl (C=O) groups excluding carboxylic acids is 1. The maximum absolute atomic E-state index is 13.6. The van der Waals surface area contributed by atoms with Crippen LogP contribution in [0.2, 0.25) is 0 Å². The highest BCUT2D eigenvalue weighted by atomic mass is 16.5. The zero-order valence-corrected chi connectivity index (χ0v) is 22.7. The van der Waals surface area contributed by atoms with E-state index in [9.17, 15) is 4.79 Å². The molecule has 1 aromatic heterocycles. The number of fused-ring (bicyclic) bond motifs is 1. The third-order valence-electron chi connectivity index (χ3n) is 7.38. The molecule has 39 heavy (non-hydrogen) atoms. The molecule has 0 radical (unpaired) electrons. The Morgan fingerprint density at radius 3 is 2.51 bits per heavy atom. The first kappa shape index (κ1) is 24.9. The van der Waals surface area contributed by atoms with Crippen LogP contribution in [-0.4, -0.2) is 27.7 Å². The molecular weight excluding hydrogens is 488 g/mol. The maximum atomic E-state index is 13.6. The quantitative estimate of drug-likeness (QED) is 0.313. The molecule has 0 fully saturated rings. The molecule has 0 amide bonds. The molecule has 6 rings (SSSR count). The molecule has 0 saturated heterocycles. The van der Waals surface area contributed by atoms with Gasteiger partial charge in [0.1, 0.15) is 12.6 Å². The molecule has 1 aliphatic heterocycles. The summed E-state index contributed by atoms with van der Waals surface area (Å²) >= 11 is 0. The van der Waals surface area contributed by atoms with Crippen LogP contribution < -0.4 is 14.8 Å². The zero-order chi connectivity index (χ0) is 27.1. The lowest BCUT2D eigenvalue weighted by Gasteiger charge is -2.38. The Bertz CT molecular complexity index is 1570. The van der Waals surface area contributed by atoms with Crippen molar-refractivity contribution in [3.63, 3.8) is 0 Å². The summed E-state index contributed by atoms with van der Waals surface area (Å²) in [5.74, 6) is 2.61. The van der Waals surface area contributed by atoms with E-state index in [-0.39, 0.29) is 11.2 Å². The molecule has 2 aliphatic rings. The number of methoxy groups -OCH3 is 1. The van der Waals surface area contributed by atoms with Crippen LogP contribution in [0.1, 0.15) is 49.4 Å². The molecule has 198 valence electrons. The van der Waals surface area contributed by atoms with Crippen LogP contribution in [0, 0.1) is 12.3 Å². The summed E-state index contributed by atoms with van der Waals surface area (Å²) in [6, 6.07) is 23.6. The first-order chi connectivity index (χ1) is 18.8. The fourth-order valence-electron chi connectivity index (χ4n) is 5.45. The molecule has 0 spiro atoms. The van der Waals surface area contributed by atoms with E-state index in [0.717, 1.165) is 34.4 Å². The number of allylic oxidation sites excluding steroid dienone is 2. The van der Waals surface area contributed by atoms with Crippen molar-refractivity contribution >= 4 is 11.7 Å². The smallest absolute Gasteiger partial charge is 0.226 e. The van der Waals surface area contributed by atoms with Crippen molar-refractivity contribution < 1.29 is 14.3 Å². The van der Waals surface area contributed by atoms with Crippen LogP contribution in [0.5, 0.6) is 11.5 Å². The van der Waals surface area contributed by atoms with Gasteiger partial charge in [0.05, 0.1) is 7.11 Å². The molecule has 0 bridgehead atoms. The number of carbonyl (C=O) groups is 1. The van der Waals surface area contributed by atoms with Gasteiger partial charge in [-0.3, -0.25) is 4.79 Å². The minimum Gasteiger partial charge on any atom is -0.493 e. The van der Waals surface area contributed by atoms with Gasteiger partial charge in [0.2, 0.25) is 5.95 Å². The minimum absolute atomic E-state index is 0.125. The van der Waals surface area contributed by atoms with E-state index in [4.69, 9.17) is 19.6 Å². The van der Waals surface area contributed by atoms with E-state index in [1.165, 1.54) is 5.56 Å². The van der Waals surface area contributed by atoms with Crippen LogP contribution in [0.4, 0.5) is 5.95 Å². The predicted molar refractivity (Wildman–Crippen MR) is 151 cm³/mol. The summed E-state index contributed by atoms with van der Waals surface area (Å²) < 4.78 is 13.7. The number of hydrogen-bond donors (Lipinski definition) is 1. The van der Waals surface area contributed by atoms with Crippen molar-refractivity contribution in [1.29, 1.82) is 0 Å². The number of nitrogens with zero attached hydrogens (tertiary/aromatic N) is 3. The SMILES string of the molecule is COc1cc(C2C3=C(CC(C)(C)CC3=O)Nc3nc(-c4ccc(C)cc4)nn32)ccc1OCc1ccccc1. The molecule has 0 saturated carbocycles. The number of aromatic nitrogens is 3. The highest BCUT2D eigenvalue weighted by molar-refractivity contribution is 6.00. The van der Waals surface area contributed by atoms with Crippen molar-refractivity contribution in [2.24, 2.45) is 5.41 Å². The monoisotopic (exact) mass is 520 g/mol. The van der Waals surface area contributed by atoms with Gasteiger partial charge in [-0.15, -0.1) is 5.10 Å². The number of Topliss-reactive ketones (excluding diaryl/α,β-unsaturated/α-hetero) is 1. The Labute approximate surface area is 228 Å². The lowest BCUT2D eigenvalue weighted by Crippen LogP contribution is -2.36. The van der Waals surface area contributed by atoms with Gasteiger partial charge in [0.15, 0.2) is 23.1 Å². The van der Waals surface area contributed by atoms with E-state index in [0.29, 0.717) is 36.3 Å². The van der Waals surface area contributed by atoms with Crippen molar-refractivity contribution in [3.05, 3.63) is 101 Å². The Hall–Kier alpha value is -4.39. The van der Waals surface area contributed by atoms with Gasteiger partial charge in [0, 0.05) is 23.3 Å². The number of ether oxygens (including phenoxy) is 2. The van der Waals surface area contributed by atoms with Crippen LogP contribution >= 0.6 is 0 Å². The highest BCUT2D eigenvalue weighted by Gasteiger charge is 2.42. The van der Waals surface area contributed by atoms with E-state index < -0.39 is 6.04 Å². The second kappa shape index (κ2) is 9.73. The predicted octanol–water partition coefficient (Wildman–Crippen LogP) is 6.50. The van der Waals surface area contributed by atoms with Crippen LogP contribution in [0.15, 0.2) is 84.1 Å². The van der Waals surface area contributed by atoms with Crippen molar-refractivity contribution in [2.75, 3.05) is 12.4 Å². The van der Waals surface area contributed by atoms with Gasteiger partial charge in [0.25, 0.3) is 0 Å². The van der Waals surface area contributed by atoms with Gasteiger partial charge >= 0.3 is 0 Å². The molecule has 1 unspecified atom stereocenters. The molecule has 2 heterocycles. The molecule has 1 aliphatic carbocycles. The summed E-state index contributed by atoms with van der Waals surface area (Å²) in [5.41, 5.74) is 5.58. The molecule has 7 heteroatoms. The fraction of sp³-hybridized carbons (Fsp3) is 0.281. The normalized spacial score (nSPS) is 17.7. The average molecular weight is 521 g/mol. The topological polar surface area (TPSA) is 78.3 Å². The number of nitrogens with one attached hydrogen (secondary N) is 1. The van der Waals surface area contributed by atoms with Crippen molar-refractivity contribution in [3.8, 4) is 22.9 Å². The van der Waals surface area contributed by atoms with E-state index in [1.807, 2.05) is 65.3 Å². The summed E-state index contributed by atoms with van der Waals surface area (Å²) in [5, 5.41) is 8.37. The molecular formula is C32H32N4O3. The zero-order valence-electron chi connectivity index (χ0n) is 22.7. The Morgan fingerprint density at radius 2 is 1.77 bits per heavy atom. The molecule has 3 aromatic carbocycles. The summed E-state index contributed by atoms with van der Waals surface area (Å²) in [4.78, 5) is 18.5. The number of rotatable bonds is 6. The van der Waals surface area contributed by atoms with E-state index in [1.54, 1.807) is 7.11 Å². The summed E-state index contributed by atoms with van der Waals surface area (Å²) in [7, 11) is 1.63. The van der Waals surface area contributed by atoms with Crippen LogP contribution in [0.3, 0.4) is 0 Å². The first-order valence-corrected chi connectivity index (χ1v) is 13.2. The number of aryl methyl sites for hydroxylation is 1. The van der Waals surface area contributed by atoms with Gasteiger partial charge in [-0.05, 0) is 42.0 Å². The fourth-order valence-corrected chi connectivity index (χ4v) is 5.45. The number of anilines is 1. The lowest BCUT2D eigenvalue weighted by molar-refractivity contribution is -0.118. The molecule has 7 nitrogen and oxygen atoms in total. The Kier molecular flexibility index (Phi) is 6.22. The molecule has 4 aromatic rings. The van der Waals surface area contributed by atoms with Crippen LogP contribution in [-0.2, 0) is 11.4 Å². The molecule has 1 atom stereocenters. The first-order valence-electron chi connectivity index (χ1n) is 13.2. The van der Waals surface area contributed by atoms with Gasteiger partial charge in [-0.1, -0.05) is 80.1 Å². The summed E-state index contributed by atoms with van der Waals surface area (Å²) in [6.45, 7) is 6.74.